The van der Waals surface area contributed by atoms with Gasteiger partial charge in [-0.1, -0.05) is 25.1 Å². The van der Waals surface area contributed by atoms with Gasteiger partial charge in [-0.25, -0.2) is 0 Å². The minimum absolute atomic E-state index is 0.0892. The van der Waals surface area contributed by atoms with Gasteiger partial charge in [-0.15, -0.1) is 0 Å². The third-order valence-electron chi connectivity index (χ3n) is 2.46. The topological polar surface area (TPSA) is 55.2 Å². The molecule has 0 saturated heterocycles. The van der Waals surface area contributed by atoms with Gasteiger partial charge >= 0.3 is 0 Å². The van der Waals surface area contributed by atoms with Crippen LogP contribution < -0.4 is 5.32 Å². The fourth-order valence-electron chi connectivity index (χ4n) is 1.47. The molecule has 0 bridgehead atoms. The van der Waals surface area contributed by atoms with Crippen molar-refractivity contribution in [3.05, 3.63) is 44.4 Å². The van der Waals surface area contributed by atoms with Crippen LogP contribution in [0.2, 0.25) is 0 Å². The molecule has 0 radical (unpaired) electrons. The van der Waals surface area contributed by atoms with Crippen LogP contribution in [-0.2, 0) is 0 Å². The number of benzene rings is 1. The summed E-state index contributed by atoms with van der Waals surface area (Å²) >= 11 is 3.17. The Morgan fingerprint density at radius 1 is 1.56 bits per heavy atom. The monoisotopic (exact) mass is 312 g/mol. The lowest BCUT2D eigenvalue weighted by Gasteiger charge is -2.07. The van der Waals surface area contributed by atoms with E-state index in [9.17, 15) is 10.1 Å². The number of nitrogens with zero attached hydrogens (tertiary/aromatic N) is 1. The zero-order valence-electron chi connectivity index (χ0n) is 10.5. The maximum atomic E-state index is 10.8. The summed E-state index contributed by atoms with van der Waals surface area (Å²) in [6.45, 7) is 5.13. The van der Waals surface area contributed by atoms with E-state index >= 15 is 0 Å². The predicted octanol–water partition coefficient (Wildman–Crippen LogP) is 3.76. The highest BCUT2D eigenvalue weighted by molar-refractivity contribution is 9.10. The first-order chi connectivity index (χ1) is 8.54. The highest BCUT2D eigenvalue weighted by Gasteiger charge is 2.11. The molecule has 1 atom stereocenters. The summed E-state index contributed by atoms with van der Waals surface area (Å²) in [5.41, 5.74) is 0.918. The van der Waals surface area contributed by atoms with Gasteiger partial charge in [0.25, 0.3) is 5.69 Å². The molecule has 1 aromatic carbocycles. The summed E-state index contributed by atoms with van der Waals surface area (Å²) in [4.78, 5) is 10.4. The van der Waals surface area contributed by atoms with Gasteiger partial charge in [-0.05, 0) is 47.4 Å². The SMILES string of the molecule is CCCNC(C)/C=C/c1ccc(Br)c([N+](=O)[O-])c1. The van der Waals surface area contributed by atoms with Crippen LogP contribution in [-0.4, -0.2) is 17.5 Å². The van der Waals surface area contributed by atoms with E-state index in [-0.39, 0.29) is 16.7 Å². The van der Waals surface area contributed by atoms with Gasteiger partial charge in [-0.2, -0.15) is 0 Å². The first-order valence-corrected chi connectivity index (χ1v) is 6.69. The molecule has 0 fully saturated rings. The van der Waals surface area contributed by atoms with Gasteiger partial charge in [0.05, 0.1) is 9.40 Å². The summed E-state index contributed by atoms with van der Waals surface area (Å²) in [6.07, 6.45) is 4.98. The average Bonchev–Trinajstić information content (AvgIpc) is 2.35. The number of nitro groups is 1. The number of nitro benzene ring substituents is 1. The third kappa shape index (κ3) is 4.58. The molecule has 0 heterocycles. The molecule has 5 heteroatoms. The van der Waals surface area contributed by atoms with Crippen LogP contribution >= 0.6 is 15.9 Å². The highest BCUT2D eigenvalue weighted by atomic mass is 79.9. The molecule has 1 unspecified atom stereocenters. The molecule has 0 amide bonds. The van der Waals surface area contributed by atoms with E-state index in [1.54, 1.807) is 12.1 Å². The lowest BCUT2D eigenvalue weighted by molar-refractivity contribution is -0.385. The van der Waals surface area contributed by atoms with Crippen molar-refractivity contribution in [2.75, 3.05) is 6.54 Å². The Labute approximate surface area is 115 Å². The molecule has 18 heavy (non-hydrogen) atoms. The maximum absolute atomic E-state index is 10.8. The summed E-state index contributed by atoms with van der Waals surface area (Å²) < 4.78 is 0.502. The highest BCUT2D eigenvalue weighted by Crippen LogP contribution is 2.26. The zero-order valence-corrected chi connectivity index (χ0v) is 12.1. The standard InChI is InChI=1S/C13H17BrN2O2/c1-3-8-15-10(2)4-5-11-6-7-12(14)13(9-11)16(17)18/h4-7,9-10,15H,3,8H2,1-2H3/b5-4+. The van der Waals surface area contributed by atoms with Gasteiger partial charge in [0.15, 0.2) is 0 Å². The second kappa shape index (κ2) is 7.28. The van der Waals surface area contributed by atoms with Crippen molar-refractivity contribution < 1.29 is 4.92 Å². The van der Waals surface area contributed by atoms with E-state index in [0.29, 0.717) is 4.47 Å². The molecule has 0 aromatic heterocycles. The van der Waals surface area contributed by atoms with E-state index in [1.165, 1.54) is 0 Å². The fourth-order valence-corrected chi connectivity index (χ4v) is 1.86. The van der Waals surface area contributed by atoms with Gasteiger partial charge in [-0.3, -0.25) is 10.1 Å². The predicted molar refractivity (Wildman–Crippen MR) is 77.6 cm³/mol. The molecular formula is C13H17BrN2O2. The molecule has 0 aliphatic carbocycles. The Kier molecular flexibility index (Phi) is 6.01. The molecule has 1 N–H and O–H groups in total. The molecule has 1 rings (SSSR count). The van der Waals surface area contributed by atoms with Crippen molar-refractivity contribution >= 4 is 27.7 Å². The molecule has 4 nitrogen and oxygen atoms in total. The van der Waals surface area contributed by atoms with Crippen LogP contribution in [0.1, 0.15) is 25.8 Å². The summed E-state index contributed by atoms with van der Waals surface area (Å²) in [6, 6.07) is 5.36. The van der Waals surface area contributed by atoms with Crippen LogP contribution in [0, 0.1) is 10.1 Å². The lowest BCUT2D eigenvalue weighted by atomic mass is 10.1. The average molecular weight is 313 g/mol. The second-order valence-electron chi connectivity index (χ2n) is 4.07. The van der Waals surface area contributed by atoms with E-state index in [1.807, 2.05) is 18.2 Å². The van der Waals surface area contributed by atoms with Crippen LogP contribution in [0.3, 0.4) is 0 Å². The van der Waals surface area contributed by atoms with Crippen molar-refractivity contribution in [1.82, 2.24) is 5.32 Å². The Balaban J connectivity index is 2.76. The van der Waals surface area contributed by atoms with Gasteiger partial charge in [0, 0.05) is 12.1 Å². The minimum Gasteiger partial charge on any atom is -0.311 e. The molecule has 0 aliphatic heterocycles. The number of hydrogen-bond donors (Lipinski definition) is 1. The molecule has 1 aromatic rings. The van der Waals surface area contributed by atoms with Crippen molar-refractivity contribution in [3.63, 3.8) is 0 Å². The number of halogens is 1. The second-order valence-corrected chi connectivity index (χ2v) is 4.92. The lowest BCUT2D eigenvalue weighted by Crippen LogP contribution is -2.24. The van der Waals surface area contributed by atoms with Crippen LogP contribution in [0.4, 0.5) is 5.69 Å². The van der Waals surface area contributed by atoms with E-state index < -0.39 is 0 Å². The molecule has 98 valence electrons. The van der Waals surface area contributed by atoms with Gasteiger partial charge < -0.3 is 5.32 Å². The van der Waals surface area contributed by atoms with Crippen molar-refractivity contribution in [3.8, 4) is 0 Å². The Morgan fingerprint density at radius 2 is 2.28 bits per heavy atom. The van der Waals surface area contributed by atoms with Crippen molar-refractivity contribution in [1.29, 1.82) is 0 Å². The van der Waals surface area contributed by atoms with Crippen LogP contribution in [0.5, 0.6) is 0 Å². The van der Waals surface area contributed by atoms with E-state index in [2.05, 4.69) is 35.1 Å². The van der Waals surface area contributed by atoms with Crippen molar-refractivity contribution in [2.45, 2.75) is 26.3 Å². The zero-order chi connectivity index (χ0) is 13.5. The van der Waals surface area contributed by atoms with Crippen LogP contribution in [0.15, 0.2) is 28.7 Å². The third-order valence-corrected chi connectivity index (χ3v) is 3.13. The smallest absolute Gasteiger partial charge is 0.284 e. The summed E-state index contributed by atoms with van der Waals surface area (Å²) in [7, 11) is 0. The van der Waals surface area contributed by atoms with Gasteiger partial charge in [0.1, 0.15) is 0 Å². The molecular weight excluding hydrogens is 296 g/mol. The minimum atomic E-state index is -0.389. The Bertz CT molecular complexity index is 447. The first-order valence-electron chi connectivity index (χ1n) is 5.90. The van der Waals surface area contributed by atoms with E-state index in [0.717, 1.165) is 18.5 Å². The summed E-state index contributed by atoms with van der Waals surface area (Å²) in [5.74, 6) is 0. The van der Waals surface area contributed by atoms with E-state index in [4.69, 9.17) is 0 Å². The first kappa shape index (κ1) is 14.9. The fraction of sp³-hybridized carbons (Fsp3) is 0.385. The number of nitrogens with one attached hydrogen (secondary N) is 1. The molecule has 0 saturated carbocycles. The van der Waals surface area contributed by atoms with Crippen molar-refractivity contribution in [2.24, 2.45) is 0 Å². The van der Waals surface area contributed by atoms with Crippen LogP contribution in [0.25, 0.3) is 6.08 Å². The maximum Gasteiger partial charge on any atom is 0.284 e. The molecule has 0 spiro atoms. The Hall–Kier alpha value is -1.20. The van der Waals surface area contributed by atoms with Gasteiger partial charge in [0.2, 0.25) is 0 Å². The molecule has 0 aliphatic rings. The largest absolute Gasteiger partial charge is 0.311 e. The number of hydrogen-bond acceptors (Lipinski definition) is 3. The summed E-state index contributed by atoms with van der Waals surface area (Å²) in [5, 5.41) is 14.1. The normalized spacial score (nSPS) is 12.8. The quantitative estimate of drug-likeness (QED) is 0.642. The number of rotatable bonds is 6. The Morgan fingerprint density at radius 3 is 2.89 bits per heavy atom.